The predicted octanol–water partition coefficient (Wildman–Crippen LogP) is 2.49. The van der Waals surface area contributed by atoms with Crippen molar-refractivity contribution in [2.45, 2.75) is 4.47 Å². The molecule has 2 aromatic rings. The number of benzene rings is 2. The van der Waals surface area contributed by atoms with E-state index in [4.69, 9.17) is 0 Å². The number of rotatable bonds is 1. The van der Waals surface area contributed by atoms with E-state index in [1.165, 1.54) is 5.56 Å². The van der Waals surface area contributed by atoms with Crippen molar-refractivity contribution in [1.82, 2.24) is 0 Å². The van der Waals surface area contributed by atoms with Crippen LogP contribution in [0, 0.1) is 11.8 Å². The zero-order chi connectivity index (χ0) is 11.2. The summed E-state index contributed by atoms with van der Waals surface area (Å²) in [7, 11) is 0. The molecule has 0 aliphatic carbocycles. The third kappa shape index (κ3) is 3.14. The third-order valence-corrected chi connectivity index (χ3v) is 3.30. The van der Waals surface area contributed by atoms with Crippen molar-refractivity contribution in [2.75, 3.05) is 0 Å². The Labute approximate surface area is 110 Å². The van der Waals surface area contributed by atoms with E-state index >= 15 is 0 Å². The van der Waals surface area contributed by atoms with E-state index in [2.05, 4.69) is 36.1 Å². The molecule has 1 heteroatoms. The molecule has 0 nitrogen and oxygen atoms in total. The Hall–Kier alpha value is -1.21. The number of hydrogen-bond acceptors (Lipinski definition) is 0. The number of hydrogen-bond donors (Lipinski definition) is 0. The molecule has 0 heterocycles. The van der Waals surface area contributed by atoms with E-state index in [0.29, 0.717) is 0 Å². The van der Waals surface area contributed by atoms with Crippen LogP contribution in [-0.4, -0.2) is 22.3 Å². The maximum absolute atomic E-state index is 3.17. The van der Waals surface area contributed by atoms with Crippen molar-refractivity contribution in [3.8, 4) is 11.8 Å². The van der Waals surface area contributed by atoms with Gasteiger partial charge in [0.1, 0.15) is 0 Å². The molecule has 0 saturated carbocycles. The molecular weight excluding hydrogens is 308 g/mol. The van der Waals surface area contributed by atoms with Gasteiger partial charge in [-0.2, -0.15) is 0 Å². The summed E-state index contributed by atoms with van der Waals surface area (Å²) in [6, 6.07) is 18.5. The van der Waals surface area contributed by atoms with Gasteiger partial charge in [-0.15, -0.1) is 0 Å². The molecule has 0 unspecified atom stereocenters. The first-order chi connectivity index (χ1) is 7.88. The van der Waals surface area contributed by atoms with Gasteiger partial charge in [0.05, 0.1) is 0 Å². The predicted molar refractivity (Wildman–Crippen MR) is 69.7 cm³/mol. The monoisotopic (exact) mass is 322 g/mol. The molecule has 0 fully saturated rings. The Morgan fingerprint density at radius 1 is 0.750 bits per heavy atom. The fourth-order valence-electron chi connectivity index (χ4n) is 1.36. The maximum atomic E-state index is 3.17. The van der Waals surface area contributed by atoms with Gasteiger partial charge in [0, 0.05) is 0 Å². The molecule has 0 aromatic heterocycles. The Kier molecular flexibility index (Phi) is 4.06. The molecule has 16 heavy (non-hydrogen) atoms. The fraction of sp³-hybridized carbons (Fsp3) is 0.0667. The van der Waals surface area contributed by atoms with Crippen LogP contribution in [0.25, 0.3) is 0 Å². The van der Waals surface area contributed by atoms with Gasteiger partial charge >= 0.3 is 110 Å². The standard InChI is InChI=1S/C15H12Te/c16-12-15-10-8-14(9-11-15)7-6-13-4-2-1-3-5-13/h1-5,8-11,16H,12H2. The molecule has 0 aliphatic rings. The van der Waals surface area contributed by atoms with Crippen LogP contribution in [0.2, 0.25) is 0 Å². The normalized spacial score (nSPS) is 9.31. The average Bonchev–Trinajstić information content (AvgIpc) is 2.38. The molecule has 0 radical (unpaired) electrons. The van der Waals surface area contributed by atoms with Crippen LogP contribution < -0.4 is 0 Å². The van der Waals surface area contributed by atoms with Crippen molar-refractivity contribution >= 4 is 22.3 Å². The van der Waals surface area contributed by atoms with Crippen LogP contribution in [0.4, 0.5) is 0 Å². The summed E-state index contributed by atoms with van der Waals surface area (Å²) in [5.41, 5.74) is 3.51. The second kappa shape index (κ2) is 5.76. The summed E-state index contributed by atoms with van der Waals surface area (Å²) in [5.74, 6) is 6.32. The van der Waals surface area contributed by atoms with Crippen molar-refractivity contribution in [1.29, 1.82) is 0 Å². The van der Waals surface area contributed by atoms with Crippen molar-refractivity contribution in [3.63, 3.8) is 0 Å². The minimum absolute atomic E-state index is 1.06. The third-order valence-electron chi connectivity index (χ3n) is 2.26. The Morgan fingerprint density at radius 3 is 1.88 bits per heavy atom. The summed E-state index contributed by atoms with van der Waals surface area (Å²) in [6.45, 7) is 0. The summed E-state index contributed by atoms with van der Waals surface area (Å²) >= 11 is 1.82. The molecule has 0 saturated heterocycles. The molecule has 0 bridgehead atoms. The Morgan fingerprint density at radius 2 is 1.31 bits per heavy atom. The second-order valence-electron chi connectivity index (χ2n) is 3.47. The fourth-order valence-corrected chi connectivity index (χ4v) is 1.96. The van der Waals surface area contributed by atoms with E-state index < -0.39 is 0 Å². The molecule has 2 aromatic carbocycles. The van der Waals surface area contributed by atoms with Crippen molar-refractivity contribution in [2.24, 2.45) is 0 Å². The molecule has 78 valence electrons. The van der Waals surface area contributed by atoms with Gasteiger partial charge in [-0.05, 0) is 0 Å². The van der Waals surface area contributed by atoms with Gasteiger partial charge < -0.3 is 0 Å². The van der Waals surface area contributed by atoms with E-state index in [9.17, 15) is 0 Å². The Bertz CT molecular complexity index is 501. The van der Waals surface area contributed by atoms with E-state index in [0.717, 1.165) is 15.6 Å². The second-order valence-corrected chi connectivity index (χ2v) is 4.37. The quantitative estimate of drug-likeness (QED) is 0.559. The van der Waals surface area contributed by atoms with Crippen LogP contribution in [0.15, 0.2) is 54.6 Å². The molecule has 0 amide bonds. The molecular formula is C15H12Te. The van der Waals surface area contributed by atoms with Crippen LogP contribution >= 0.6 is 0 Å². The topological polar surface area (TPSA) is 0 Å². The van der Waals surface area contributed by atoms with E-state index in [1.54, 1.807) is 0 Å². The van der Waals surface area contributed by atoms with Gasteiger partial charge in [-0.1, -0.05) is 0 Å². The van der Waals surface area contributed by atoms with Gasteiger partial charge in [0.2, 0.25) is 0 Å². The summed E-state index contributed by atoms with van der Waals surface area (Å²) in [5, 5.41) is 0. The first-order valence-electron chi connectivity index (χ1n) is 5.15. The Balaban J connectivity index is 2.18. The van der Waals surface area contributed by atoms with Crippen LogP contribution in [0.3, 0.4) is 0 Å². The van der Waals surface area contributed by atoms with Gasteiger partial charge in [-0.25, -0.2) is 0 Å². The zero-order valence-corrected chi connectivity index (χ0v) is 11.4. The molecule has 0 N–H and O–H groups in total. The average molecular weight is 320 g/mol. The van der Waals surface area contributed by atoms with Crippen molar-refractivity contribution in [3.05, 3.63) is 71.3 Å². The molecule has 0 aliphatic heterocycles. The summed E-state index contributed by atoms with van der Waals surface area (Å²) in [6.07, 6.45) is 0. The van der Waals surface area contributed by atoms with E-state index in [1.807, 2.05) is 52.6 Å². The van der Waals surface area contributed by atoms with Crippen molar-refractivity contribution < 1.29 is 0 Å². The first kappa shape index (κ1) is 11.3. The minimum atomic E-state index is 1.06. The summed E-state index contributed by atoms with van der Waals surface area (Å²) < 4.78 is 1.13. The molecule has 0 spiro atoms. The molecule has 0 atom stereocenters. The van der Waals surface area contributed by atoms with Crippen LogP contribution in [0.1, 0.15) is 16.7 Å². The SMILES string of the molecule is [TeH]Cc1ccc(C#Cc2ccccc2)cc1. The zero-order valence-electron chi connectivity index (χ0n) is 8.85. The van der Waals surface area contributed by atoms with Gasteiger partial charge in [-0.3, -0.25) is 0 Å². The first-order valence-corrected chi connectivity index (χ1v) is 6.96. The molecule has 2 rings (SSSR count). The van der Waals surface area contributed by atoms with Crippen LogP contribution in [-0.2, 0) is 4.47 Å². The van der Waals surface area contributed by atoms with E-state index in [-0.39, 0.29) is 0 Å². The van der Waals surface area contributed by atoms with Gasteiger partial charge in [0.25, 0.3) is 0 Å². The van der Waals surface area contributed by atoms with Gasteiger partial charge in [0.15, 0.2) is 0 Å². The van der Waals surface area contributed by atoms with Crippen LogP contribution in [0.5, 0.6) is 0 Å². The summed E-state index contributed by atoms with van der Waals surface area (Å²) in [4.78, 5) is 0.